The van der Waals surface area contributed by atoms with Crippen molar-refractivity contribution in [3.05, 3.63) is 70.2 Å². The summed E-state index contributed by atoms with van der Waals surface area (Å²) < 4.78 is 2.34. The van der Waals surface area contributed by atoms with Crippen molar-refractivity contribution < 1.29 is 0 Å². The summed E-state index contributed by atoms with van der Waals surface area (Å²) in [6.07, 6.45) is 8.34. The van der Waals surface area contributed by atoms with Gasteiger partial charge in [0, 0.05) is 36.4 Å². The van der Waals surface area contributed by atoms with Crippen LogP contribution in [0.5, 0.6) is 0 Å². The first-order valence-electron chi connectivity index (χ1n) is 9.89. The molecule has 0 radical (unpaired) electrons. The van der Waals surface area contributed by atoms with Gasteiger partial charge < -0.3 is 4.57 Å². The van der Waals surface area contributed by atoms with E-state index in [2.05, 4.69) is 64.1 Å². The number of benzene rings is 1. The van der Waals surface area contributed by atoms with Gasteiger partial charge >= 0.3 is 0 Å². The van der Waals surface area contributed by atoms with E-state index in [1.807, 2.05) is 12.4 Å². The number of imidazole rings is 1. The van der Waals surface area contributed by atoms with E-state index < -0.39 is 0 Å². The minimum Gasteiger partial charge on any atom is -0.330 e. The lowest BCUT2D eigenvalue weighted by atomic mass is 9.95. The predicted octanol–water partition coefficient (Wildman–Crippen LogP) is 4.89. The second-order valence-corrected chi connectivity index (χ2v) is 8.77. The third-order valence-corrected chi connectivity index (χ3v) is 6.31. The maximum atomic E-state index is 4.72. The van der Waals surface area contributed by atoms with E-state index in [9.17, 15) is 0 Å². The number of rotatable bonds is 6. The molecular formula is C22H28N4S. The van der Waals surface area contributed by atoms with Gasteiger partial charge in [0.1, 0.15) is 10.8 Å². The molecule has 0 N–H and O–H groups in total. The fourth-order valence-corrected chi connectivity index (χ4v) is 4.55. The molecule has 0 aliphatic carbocycles. The molecule has 5 heteroatoms. The Bertz CT molecular complexity index is 828. The lowest BCUT2D eigenvalue weighted by Crippen LogP contribution is -2.33. The topological polar surface area (TPSA) is 34.0 Å². The van der Waals surface area contributed by atoms with Crippen LogP contribution in [-0.2, 0) is 13.1 Å². The van der Waals surface area contributed by atoms with Gasteiger partial charge in [-0.2, -0.15) is 0 Å². The van der Waals surface area contributed by atoms with Crippen molar-refractivity contribution >= 4 is 11.3 Å². The van der Waals surface area contributed by atoms with Crippen LogP contribution in [-0.4, -0.2) is 32.5 Å². The van der Waals surface area contributed by atoms with E-state index in [1.165, 1.54) is 34.8 Å². The lowest BCUT2D eigenvalue weighted by Gasteiger charge is -2.31. The summed E-state index contributed by atoms with van der Waals surface area (Å²) in [5.74, 6) is 2.39. The summed E-state index contributed by atoms with van der Waals surface area (Å²) in [6, 6.07) is 9.03. The first kappa shape index (κ1) is 18.4. The van der Waals surface area contributed by atoms with Crippen molar-refractivity contribution in [1.29, 1.82) is 0 Å². The molecule has 142 valence electrons. The molecule has 2 aromatic heterocycles. The highest BCUT2D eigenvalue weighted by atomic mass is 32.1. The van der Waals surface area contributed by atoms with Gasteiger partial charge in [0.15, 0.2) is 0 Å². The van der Waals surface area contributed by atoms with Crippen LogP contribution in [0.4, 0.5) is 0 Å². The van der Waals surface area contributed by atoms with Crippen molar-refractivity contribution in [3.63, 3.8) is 0 Å². The Balaban J connectivity index is 1.37. The summed E-state index contributed by atoms with van der Waals surface area (Å²) in [6.45, 7) is 8.63. The molecule has 4 rings (SSSR count). The number of piperidine rings is 1. The minimum atomic E-state index is 0.558. The summed E-state index contributed by atoms with van der Waals surface area (Å²) in [4.78, 5) is 11.7. The monoisotopic (exact) mass is 380 g/mol. The number of hydrogen-bond donors (Lipinski definition) is 0. The zero-order chi connectivity index (χ0) is 18.6. The highest BCUT2D eigenvalue weighted by Crippen LogP contribution is 2.28. The quantitative estimate of drug-likeness (QED) is 0.610. The van der Waals surface area contributed by atoms with E-state index in [0.717, 1.165) is 26.2 Å². The Hall–Kier alpha value is -1.98. The molecule has 1 fully saturated rings. The number of thiazole rings is 1. The molecule has 4 nitrogen and oxygen atoms in total. The average molecular weight is 381 g/mol. The van der Waals surface area contributed by atoms with Gasteiger partial charge in [0.05, 0.1) is 6.54 Å². The van der Waals surface area contributed by atoms with Gasteiger partial charge in [-0.05, 0) is 43.0 Å². The third-order valence-electron chi connectivity index (χ3n) is 5.54. The Morgan fingerprint density at radius 3 is 2.48 bits per heavy atom. The Kier molecular flexibility index (Phi) is 5.69. The highest BCUT2D eigenvalue weighted by molar-refractivity contribution is 7.09. The fourth-order valence-electron chi connectivity index (χ4n) is 3.89. The van der Waals surface area contributed by atoms with Gasteiger partial charge in [-0.25, -0.2) is 9.97 Å². The second-order valence-electron chi connectivity index (χ2n) is 7.79. The van der Waals surface area contributed by atoms with E-state index >= 15 is 0 Å². The maximum Gasteiger partial charge on any atom is 0.112 e. The lowest BCUT2D eigenvalue weighted by molar-refractivity contribution is 0.200. The average Bonchev–Trinajstić information content (AvgIpc) is 3.35. The number of likely N-dealkylation sites (tertiary alicyclic amines) is 1. The first-order valence-corrected chi connectivity index (χ1v) is 10.8. The van der Waals surface area contributed by atoms with Crippen molar-refractivity contribution in [2.24, 2.45) is 0 Å². The molecule has 0 bridgehead atoms. The summed E-state index contributed by atoms with van der Waals surface area (Å²) in [5.41, 5.74) is 2.75. The van der Waals surface area contributed by atoms with Crippen LogP contribution in [0, 0.1) is 0 Å². The molecule has 0 unspecified atom stereocenters. The molecule has 0 atom stereocenters. The second kappa shape index (κ2) is 8.36. The van der Waals surface area contributed by atoms with Crippen LogP contribution in [0.3, 0.4) is 0 Å². The molecule has 1 saturated heterocycles. The van der Waals surface area contributed by atoms with Crippen molar-refractivity contribution in [2.45, 2.75) is 51.6 Å². The first-order chi connectivity index (χ1) is 13.2. The zero-order valence-electron chi connectivity index (χ0n) is 16.2. The standard InChI is InChI=1S/C22H28N4S/c1-17(2)19-5-3-18(4-6-19)15-26-13-9-24-22(26)20-7-11-25(12-8-20)16-21-23-10-14-27-21/h3-6,9-10,13-14,17,20H,7-8,11-12,15-16H2,1-2H3. The normalized spacial score (nSPS) is 16.3. The van der Waals surface area contributed by atoms with E-state index in [-0.39, 0.29) is 0 Å². The van der Waals surface area contributed by atoms with Gasteiger partial charge in [0.25, 0.3) is 0 Å². The minimum absolute atomic E-state index is 0.558. The highest BCUT2D eigenvalue weighted by Gasteiger charge is 2.24. The maximum absolute atomic E-state index is 4.72. The molecule has 3 heterocycles. The Morgan fingerprint density at radius 1 is 1.04 bits per heavy atom. The Morgan fingerprint density at radius 2 is 1.81 bits per heavy atom. The van der Waals surface area contributed by atoms with Crippen LogP contribution in [0.1, 0.15) is 60.5 Å². The molecule has 0 spiro atoms. The Labute approximate surface area is 165 Å². The number of aromatic nitrogens is 3. The van der Waals surface area contributed by atoms with Gasteiger partial charge in [-0.3, -0.25) is 4.90 Å². The summed E-state index contributed by atoms with van der Waals surface area (Å²) in [7, 11) is 0. The molecule has 1 aliphatic heterocycles. The summed E-state index contributed by atoms with van der Waals surface area (Å²) in [5, 5.41) is 3.28. The molecule has 0 amide bonds. The van der Waals surface area contributed by atoms with E-state index in [0.29, 0.717) is 11.8 Å². The third kappa shape index (κ3) is 4.47. The van der Waals surface area contributed by atoms with Crippen molar-refractivity contribution in [2.75, 3.05) is 13.1 Å². The van der Waals surface area contributed by atoms with Crippen LogP contribution in [0.15, 0.2) is 48.2 Å². The van der Waals surface area contributed by atoms with E-state index in [4.69, 9.17) is 4.98 Å². The number of nitrogens with zero attached hydrogens (tertiary/aromatic N) is 4. The summed E-state index contributed by atoms with van der Waals surface area (Å²) >= 11 is 1.75. The predicted molar refractivity (Wildman–Crippen MR) is 111 cm³/mol. The number of hydrogen-bond acceptors (Lipinski definition) is 4. The molecule has 27 heavy (non-hydrogen) atoms. The van der Waals surface area contributed by atoms with Crippen LogP contribution >= 0.6 is 11.3 Å². The SMILES string of the molecule is CC(C)c1ccc(Cn2ccnc2C2CCN(Cc3nccs3)CC2)cc1. The van der Waals surface area contributed by atoms with Gasteiger partial charge in [0.2, 0.25) is 0 Å². The largest absolute Gasteiger partial charge is 0.330 e. The van der Waals surface area contributed by atoms with Crippen molar-refractivity contribution in [1.82, 2.24) is 19.4 Å². The van der Waals surface area contributed by atoms with Gasteiger partial charge in [-0.1, -0.05) is 38.1 Å². The van der Waals surface area contributed by atoms with Crippen LogP contribution < -0.4 is 0 Å². The van der Waals surface area contributed by atoms with E-state index in [1.54, 1.807) is 11.3 Å². The van der Waals surface area contributed by atoms with Crippen molar-refractivity contribution in [3.8, 4) is 0 Å². The fraction of sp³-hybridized carbons (Fsp3) is 0.455. The molecular weight excluding hydrogens is 352 g/mol. The smallest absolute Gasteiger partial charge is 0.112 e. The molecule has 3 aromatic rings. The van der Waals surface area contributed by atoms with Crippen LogP contribution in [0.25, 0.3) is 0 Å². The van der Waals surface area contributed by atoms with Crippen LogP contribution in [0.2, 0.25) is 0 Å². The molecule has 0 saturated carbocycles. The molecule has 1 aromatic carbocycles. The molecule has 1 aliphatic rings. The van der Waals surface area contributed by atoms with Gasteiger partial charge in [-0.15, -0.1) is 11.3 Å². The zero-order valence-corrected chi connectivity index (χ0v) is 17.0.